The van der Waals surface area contributed by atoms with Crippen LogP contribution in [0.5, 0.6) is 0 Å². The summed E-state index contributed by atoms with van der Waals surface area (Å²) in [6, 6.07) is 10.4. The molecule has 0 atom stereocenters. The van der Waals surface area contributed by atoms with Gasteiger partial charge >= 0.3 is 0 Å². The van der Waals surface area contributed by atoms with Gasteiger partial charge in [0, 0.05) is 0 Å². The summed E-state index contributed by atoms with van der Waals surface area (Å²) in [4.78, 5) is 0. The van der Waals surface area contributed by atoms with E-state index in [1.165, 1.54) is 16.7 Å². The molecule has 0 fully saturated rings. The highest BCUT2D eigenvalue weighted by Gasteiger charge is 2.10. The maximum atomic E-state index is 6.06. The molecule has 0 saturated heterocycles. The van der Waals surface area contributed by atoms with Crippen LogP contribution < -0.4 is 0 Å². The Kier molecular flexibility index (Phi) is 2.94. The topological polar surface area (TPSA) is 0 Å². The summed E-state index contributed by atoms with van der Waals surface area (Å²) < 4.78 is 0. The van der Waals surface area contributed by atoms with Crippen LogP contribution >= 0.6 is 0 Å². The molecule has 0 nitrogen and oxygen atoms in total. The first kappa shape index (κ1) is 10.7. The standard InChI is InChI=1S/C16H16/c1-12(2)16-13(3)8-7-11-15(16)14-9-5-4-6-10-14/h3-12H,1-2H3. The van der Waals surface area contributed by atoms with Crippen LogP contribution in [0, 0.1) is 18.9 Å². The fraction of sp³-hybridized carbons (Fsp3) is 0.188. The molecule has 1 aromatic carbocycles. The molecule has 0 unspecified atom stereocenters. The summed E-state index contributed by atoms with van der Waals surface area (Å²) in [6.07, 6.45) is 6.13. The van der Waals surface area contributed by atoms with E-state index in [0.717, 1.165) is 5.57 Å². The molecule has 0 heterocycles. The van der Waals surface area contributed by atoms with Crippen molar-refractivity contribution in [3.8, 4) is 0 Å². The second kappa shape index (κ2) is 4.38. The average molecular weight is 208 g/mol. The Morgan fingerprint density at radius 1 is 1.12 bits per heavy atom. The minimum atomic E-state index is 0.441. The highest BCUT2D eigenvalue weighted by Crippen LogP contribution is 2.34. The molecular formula is C16H16. The van der Waals surface area contributed by atoms with E-state index in [2.05, 4.69) is 44.5 Å². The van der Waals surface area contributed by atoms with Crippen molar-refractivity contribution in [1.82, 2.24) is 0 Å². The maximum absolute atomic E-state index is 6.06. The second-order valence-corrected chi connectivity index (χ2v) is 4.33. The van der Waals surface area contributed by atoms with Gasteiger partial charge in [0.25, 0.3) is 0 Å². The first-order chi connectivity index (χ1) is 7.70. The Balaban J connectivity index is 2.51. The third-order valence-electron chi connectivity index (χ3n) is 2.80. The van der Waals surface area contributed by atoms with Gasteiger partial charge in [-0.05, 0) is 12.2 Å². The molecule has 0 spiro atoms. The van der Waals surface area contributed by atoms with Crippen LogP contribution in [-0.4, -0.2) is 0 Å². The van der Waals surface area contributed by atoms with Gasteiger partial charge in [-0.2, -0.15) is 0 Å². The van der Waals surface area contributed by atoms with Crippen LogP contribution in [0.1, 0.15) is 19.4 Å². The fourth-order valence-electron chi connectivity index (χ4n) is 2.10. The first-order valence-electron chi connectivity index (χ1n) is 5.64. The largest absolute Gasteiger partial charge is 0.143 e. The molecule has 80 valence electrons. The fourth-order valence-corrected chi connectivity index (χ4v) is 2.10. The zero-order chi connectivity index (χ0) is 11.5. The lowest BCUT2D eigenvalue weighted by Gasteiger charge is -2.27. The first-order valence-corrected chi connectivity index (χ1v) is 5.64. The lowest BCUT2D eigenvalue weighted by molar-refractivity contribution is 0.784. The van der Waals surface area contributed by atoms with E-state index in [0.29, 0.717) is 5.92 Å². The SMILES string of the molecule is [CH+]=C1C=C[CH-]C(c2ccccc2)=C1C(C)C. The minimum Gasteiger partial charge on any atom is -0.143 e. The summed E-state index contributed by atoms with van der Waals surface area (Å²) in [5, 5.41) is 0. The molecule has 0 radical (unpaired) electrons. The lowest BCUT2D eigenvalue weighted by atomic mass is 9.83. The second-order valence-electron chi connectivity index (χ2n) is 4.33. The van der Waals surface area contributed by atoms with Gasteiger partial charge in [0.05, 0.1) is 0 Å². The smallest absolute Gasteiger partial charge is 0.00231 e. The monoisotopic (exact) mass is 208 g/mol. The van der Waals surface area contributed by atoms with Gasteiger partial charge in [0.1, 0.15) is 0 Å². The van der Waals surface area contributed by atoms with E-state index in [4.69, 9.17) is 6.58 Å². The number of benzene rings is 1. The van der Waals surface area contributed by atoms with Crippen LogP contribution in [0.25, 0.3) is 5.57 Å². The molecule has 0 aliphatic heterocycles. The zero-order valence-corrected chi connectivity index (χ0v) is 9.77. The van der Waals surface area contributed by atoms with Crippen LogP contribution in [0.15, 0.2) is 53.6 Å². The van der Waals surface area contributed by atoms with E-state index in [-0.39, 0.29) is 0 Å². The molecule has 16 heavy (non-hydrogen) atoms. The summed E-state index contributed by atoms with van der Waals surface area (Å²) in [5.74, 6) is 0.441. The van der Waals surface area contributed by atoms with Gasteiger partial charge in [0.15, 0.2) is 0 Å². The molecular weight excluding hydrogens is 192 g/mol. The minimum absolute atomic E-state index is 0.441. The molecule has 2 rings (SSSR count). The van der Waals surface area contributed by atoms with Crippen molar-refractivity contribution in [2.24, 2.45) is 5.92 Å². The predicted molar refractivity (Wildman–Crippen MR) is 69.5 cm³/mol. The van der Waals surface area contributed by atoms with Crippen LogP contribution in [-0.2, 0) is 0 Å². The van der Waals surface area contributed by atoms with Crippen molar-refractivity contribution < 1.29 is 0 Å². The molecule has 0 bridgehead atoms. The quantitative estimate of drug-likeness (QED) is 0.638. The van der Waals surface area contributed by atoms with Crippen LogP contribution in [0.2, 0.25) is 0 Å². The molecule has 0 N–H and O–H groups in total. The molecule has 0 saturated carbocycles. The molecule has 0 aromatic heterocycles. The van der Waals surface area contributed by atoms with Crippen molar-refractivity contribution in [2.45, 2.75) is 13.8 Å². The number of hydrogen-bond acceptors (Lipinski definition) is 0. The summed E-state index contributed by atoms with van der Waals surface area (Å²) in [6.45, 7) is 10.4. The van der Waals surface area contributed by atoms with Gasteiger partial charge < -0.3 is 0 Å². The molecule has 1 aliphatic rings. The van der Waals surface area contributed by atoms with E-state index >= 15 is 0 Å². The van der Waals surface area contributed by atoms with Crippen LogP contribution in [0.3, 0.4) is 0 Å². The Bertz CT molecular complexity index is 444. The van der Waals surface area contributed by atoms with Crippen molar-refractivity contribution in [3.05, 3.63) is 72.2 Å². The van der Waals surface area contributed by atoms with E-state index in [1.807, 2.05) is 18.2 Å². The van der Waals surface area contributed by atoms with Gasteiger partial charge in [0.2, 0.25) is 0 Å². The van der Waals surface area contributed by atoms with Crippen LogP contribution in [0.4, 0.5) is 0 Å². The predicted octanol–water partition coefficient (Wildman–Crippen LogP) is 4.23. The third-order valence-corrected chi connectivity index (χ3v) is 2.80. The number of rotatable bonds is 2. The molecule has 1 aromatic rings. The highest BCUT2D eigenvalue weighted by molar-refractivity contribution is 5.82. The van der Waals surface area contributed by atoms with E-state index in [9.17, 15) is 0 Å². The van der Waals surface area contributed by atoms with Crippen molar-refractivity contribution in [1.29, 1.82) is 0 Å². The normalized spacial score (nSPS) is 15.5. The van der Waals surface area contributed by atoms with E-state index < -0.39 is 0 Å². The number of allylic oxidation sites excluding steroid dienone is 5. The average Bonchev–Trinajstić information content (AvgIpc) is 2.29. The Morgan fingerprint density at radius 3 is 2.44 bits per heavy atom. The van der Waals surface area contributed by atoms with Crippen molar-refractivity contribution >= 4 is 5.57 Å². The van der Waals surface area contributed by atoms with Gasteiger partial charge in [-0.15, -0.1) is 24.1 Å². The Labute approximate surface area is 98.0 Å². The summed E-state index contributed by atoms with van der Waals surface area (Å²) >= 11 is 0. The summed E-state index contributed by atoms with van der Waals surface area (Å²) in [7, 11) is 0. The molecule has 0 amide bonds. The van der Waals surface area contributed by atoms with Gasteiger partial charge in [-0.1, -0.05) is 61.2 Å². The Morgan fingerprint density at radius 2 is 1.81 bits per heavy atom. The third kappa shape index (κ3) is 1.93. The number of hydrogen-bond donors (Lipinski definition) is 0. The lowest BCUT2D eigenvalue weighted by Crippen LogP contribution is -2.04. The van der Waals surface area contributed by atoms with Gasteiger partial charge in [-0.3, -0.25) is 0 Å². The summed E-state index contributed by atoms with van der Waals surface area (Å²) in [5.41, 5.74) is 4.61. The van der Waals surface area contributed by atoms with Crippen molar-refractivity contribution in [2.75, 3.05) is 0 Å². The highest BCUT2D eigenvalue weighted by atomic mass is 14.2. The molecule has 1 aliphatic carbocycles. The zero-order valence-electron chi connectivity index (χ0n) is 9.77. The van der Waals surface area contributed by atoms with Crippen molar-refractivity contribution in [3.63, 3.8) is 0 Å². The van der Waals surface area contributed by atoms with Gasteiger partial charge in [-0.25, -0.2) is 0 Å². The Hall–Kier alpha value is -1.78. The molecule has 0 heteroatoms. The van der Waals surface area contributed by atoms with E-state index in [1.54, 1.807) is 0 Å². The maximum Gasteiger partial charge on any atom is -0.00231 e.